The zero-order valence-electron chi connectivity index (χ0n) is 14.0. The highest BCUT2D eigenvalue weighted by atomic mass is 19.1. The number of carbonyl (C=O) groups excluding carboxylic acids is 1. The molecule has 1 atom stereocenters. The molecule has 2 aliphatic rings. The molecular weight excluding hydrogens is 319 g/mol. The Kier molecular flexibility index (Phi) is 3.96. The van der Waals surface area contributed by atoms with Crippen LogP contribution >= 0.6 is 0 Å². The summed E-state index contributed by atoms with van der Waals surface area (Å²) in [4.78, 5) is 14.4. The second kappa shape index (κ2) is 6.15. The molecule has 1 aliphatic carbocycles. The number of hydrogen-bond donors (Lipinski definition) is 1. The summed E-state index contributed by atoms with van der Waals surface area (Å²) in [6.07, 6.45) is 2.20. The molecule has 4 nitrogen and oxygen atoms in total. The van der Waals surface area contributed by atoms with Crippen molar-refractivity contribution in [3.8, 4) is 0 Å². The third-order valence-corrected chi connectivity index (χ3v) is 5.08. The van der Waals surface area contributed by atoms with Crippen LogP contribution < -0.4 is 5.73 Å². The predicted molar refractivity (Wildman–Crippen MR) is 92.6 cm³/mol. The quantitative estimate of drug-likeness (QED) is 0.932. The maximum Gasteiger partial charge on any atom is 0.410 e. The molecule has 0 unspecified atom stereocenters. The molecule has 0 spiro atoms. The molecule has 0 radical (unpaired) electrons. The van der Waals surface area contributed by atoms with Gasteiger partial charge in [0.15, 0.2) is 0 Å². The predicted octanol–water partition coefficient (Wildman–Crippen LogP) is 3.40. The van der Waals surface area contributed by atoms with E-state index in [4.69, 9.17) is 10.5 Å². The smallest absolute Gasteiger partial charge is 0.410 e. The van der Waals surface area contributed by atoms with Crippen molar-refractivity contribution in [3.05, 3.63) is 71.0 Å². The van der Waals surface area contributed by atoms with Crippen molar-refractivity contribution in [2.75, 3.05) is 13.2 Å². The number of hydrogen-bond acceptors (Lipinski definition) is 3. The fraction of sp³-hybridized carbons (Fsp3) is 0.350. The molecule has 1 amide bonds. The van der Waals surface area contributed by atoms with Crippen molar-refractivity contribution in [3.63, 3.8) is 0 Å². The zero-order valence-corrected chi connectivity index (χ0v) is 14.0. The summed E-state index contributed by atoms with van der Waals surface area (Å²) in [7, 11) is 0. The second-order valence-electron chi connectivity index (χ2n) is 7.01. The number of benzene rings is 2. The molecule has 25 heavy (non-hydrogen) atoms. The van der Waals surface area contributed by atoms with Crippen molar-refractivity contribution >= 4 is 6.09 Å². The van der Waals surface area contributed by atoms with E-state index in [1.165, 1.54) is 17.7 Å². The minimum atomic E-state index is -0.361. The Bertz CT molecular complexity index is 787. The number of amides is 1. The topological polar surface area (TPSA) is 55.6 Å². The van der Waals surface area contributed by atoms with Gasteiger partial charge >= 0.3 is 6.09 Å². The molecule has 4 rings (SSSR count). The third kappa shape index (κ3) is 3.24. The van der Waals surface area contributed by atoms with Crippen molar-refractivity contribution in [2.45, 2.75) is 30.8 Å². The van der Waals surface area contributed by atoms with E-state index in [2.05, 4.69) is 6.07 Å². The summed E-state index contributed by atoms with van der Waals surface area (Å²) in [5.41, 5.74) is 8.83. The SMILES string of the molecule is NC1(COC(=O)N2CCc3ccccc3[C@@H]2c2ccc(F)cc2)CC1. The van der Waals surface area contributed by atoms with Crippen molar-refractivity contribution < 1.29 is 13.9 Å². The first-order valence-electron chi connectivity index (χ1n) is 8.61. The Morgan fingerprint density at radius 1 is 1.20 bits per heavy atom. The lowest BCUT2D eigenvalue weighted by Gasteiger charge is -2.37. The van der Waals surface area contributed by atoms with E-state index in [0.717, 1.165) is 30.4 Å². The molecule has 0 aromatic heterocycles. The minimum Gasteiger partial charge on any atom is -0.447 e. The van der Waals surface area contributed by atoms with Gasteiger partial charge in [-0.15, -0.1) is 0 Å². The first kappa shape index (κ1) is 16.1. The van der Waals surface area contributed by atoms with Crippen LogP contribution in [-0.2, 0) is 11.2 Å². The molecule has 2 aromatic carbocycles. The normalized spacial score (nSPS) is 20.7. The van der Waals surface area contributed by atoms with E-state index < -0.39 is 0 Å². The lowest BCUT2D eigenvalue weighted by Crippen LogP contribution is -2.42. The summed E-state index contributed by atoms with van der Waals surface area (Å²) in [6.45, 7) is 0.815. The van der Waals surface area contributed by atoms with Crippen LogP contribution in [0.15, 0.2) is 48.5 Å². The van der Waals surface area contributed by atoms with E-state index in [1.54, 1.807) is 17.0 Å². The standard InChI is InChI=1S/C20H21FN2O2/c21-16-7-5-15(6-8-16)18-17-4-2-1-3-14(17)9-12-23(18)19(24)25-13-20(22)10-11-20/h1-8,18H,9-13,22H2/t18-/m0/s1. The van der Waals surface area contributed by atoms with E-state index in [9.17, 15) is 9.18 Å². The Labute approximate surface area is 146 Å². The molecular formula is C20H21FN2O2. The highest BCUT2D eigenvalue weighted by Gasteiger charge is 2.41. The Morgan fingerprint density at radius 3 is 2.64 bits per heavy atom. The maximum absolute atomic E-state index is 13.3. The van der Waals surface area contributed by atoms with Crippen LogP contribution in [0.3, 0.4) is 0 Å². The lowest BCUT2D eigenvalue weighted by atomic mass is 9.88. The van der Waals surface area contributed by atoms with Gasteiger partial charge in [-0.1, -0.05) is 36.4 Å². The Morgan fingerprint density at radius 2 is 1.92 bits per heavy atom. The van der Waals surface area contributed by atoms with Gasteiger partial charge in [0.25, 0.3) is 0 Å². The van der Waals surface area contributed by atoms with Gasteiger partial charge < -0.3 is 10.5 Å². The molecule has 0 bridgehead atoms. The van der Waals surface area contributed by atoms with Gasteiger partial charge in [-0.2, -0.15) is 0 Å². The van der Waals surface area contributed by atoms with Crippen LogP contribution in [0.25, 0.3) is 0 Å². The highest BCUT2D eigenvalue weighted by Crippen LogP contribution is 2.36. The molecule has 1 aliphatic heterocycles. The molecule has 1 heterocycles. The van der Waals surface area contributed by atoms with Crippen molar-refractivity contribution in [1.82, 2.24) is 4.90 Å². The van der Waals surface area contributed by atoms with Gasteiger partial charge in [0.1, 0.15) is 12.4 Å². The first-order chi connectivity index (χ1) is 12.1. The van der Waals surface area contributed by atoms with Crippen molar-refractivity contribution in [2.24, 2.45) is 5.73 Å². The van der Waals surface area contributed by atoms with Crippen LogP contribution in [0.4, 0.5) is 9.18 Å². The number of nitrogens with two attached hydrogens (primary N) is 1. The van der Waals surface area contributed by atoms with Gasteiger partial charge in [-0.3, -0.25) is 4.90 Å². The van der Waals surface area contributed by atoms with E-state index in [0.29, 0.717) is 6.54 Å². The van der Waals surface area contributed by atoms with Crippen LogP contribution in [0, 0.1) is 5.82 Å². The summed E-state index contributed by atoms with van der Waals surface area (Å²) in [6, 6.07) is 14.1. The fourth-order valence-electron chi connectivity index (χ4n) is 3.36. The van der Waals surface area contributed by atoms with E-state index in [1.807, 2.05) is 18.2 Å². The van der Waals surface area contributed by atoms with Crippen LogP contribution in [0.1, 0.15) is 35.6 Å². The van der Waals surface area contributed by atoms with Gasteiger partial charge in [0.05, 0.1) is 11.6 Å². The molecule has 2 N–H and O–H groups in total. The largest absolute Gasteiger partial charge is 0.447 e. The highest BCUT2D eigenvalue weighted by molar-refractivity contribution is 5.70. The average molecular weight is 340 g/mol. The van der Waals surface area contributed by atoms with Gasteiger partial charge in [0, 0.05) is 6.54 Å². The summed E-state index contributed by atoms with van der Waals surface area (Å²) in [5, 5.41) is 0. The fourth-order valence-corrected chi connectivity index (χ4v) is 3.36. The van der Waals surface area contributed by atoms with E-state index >= 15 is 0 Å². The number of carbonyl (C=O) groups is 1. The lowest BCUT2D eigenvalue weighted by molar-refractivity contribution is 0.0822. The Balaban J connectivity index is 1.65. The number of fused-ring (bicyclic) bond motifs is 1. The number of halogens is 1. The second-order valence-corrected chi connectivity index (χ2v) is 7.01. The monoisotopic (exact) mass is 340 g/mol. The summed E-state index contributed by atoms with van der Waals surface area (Å²) >= 11 is 0. The molecule has 5 heteroatoms. The number of nitrogens with zero attached hydrogens (tertiary/aromatic N) is 1. The molecule has 0 saturated heterocycles. The van der Waals surface area contributed by atoms with Gasteiger partial charge in [-0.05, 0) is 48.1 Å². The van der Waals surface area contributed by atoms with E-state index in [-0.39, 0.29) is 30.1 Å². The van der Waals surface area contributed by atoms with Crippen molar-refractivity contribution in [1.29, 1.82) is 0 Å². The third-order valence-electron chi connectivity index (χ3n) is 5.08. The zero-order chi connectivity index (χ0) is 17.4. The summed E-state index contributed by atoms with van der Waals surface area (Å²) < 4.78 is 18.8. The van der Waals surface area contributed by atoms with Crippen LogP contribution in [-0.4, -0.2) is 29.7 Å². The van der Waals surface area contributed by atoms with Gasteiger partial charge in [-0.25, -0.2) is 9.18 Å². The Hall–Kier alpha value is -2.40. The summed E-state index contributed by atoms with van der Waals surface area (Å²) in [5.74, 6) is -0.291. The van der Waals surface area contributed by atoms with Gasteiger partial charge in [0.2, 0.25) is 0 Å². The first-order valence-corrected chi connectivity index (χ1v) is 8.61. The minimum absolute atomic E-state index is 0.250. The molecule has 1 saturated carbocycles. The maximum atomic E-state index is 13.3. The molecule has 1 fully saturated rings. The average Bonchev–Trinajstić information content (AvgIpc) is 3.37. The number of ether oxygens (including phenoxy) is 1. The van der Waals surface area contributed by atoms with Crippen LogP contribution in [0.5, 0.6) is 0 Å². The molecule has 2 aromatic rings. The number of rotatable bonds is 3. The van der Waals surface area contributed by atoms with Crippen LogP contribution in [0.2, 0.25) is 0 Å². The molecule has 130 valence electrons.